The van der Waals surface area contributed by atoms with Gasteiger partial charge in [0.1, 0.15) is 41.2 Å². The number of carboxylic acids is 1. The maximum atomic E-state index is 13.2. The minimum Gasteiger partial charge on any atom is -0.507 e. The van der Waals surface area contributed by atoms with Gasteiger partial charge in [-0.05, 0) is 210 Å². The number of ketones is 1. The van der Waals surface area contributed by atoms with Gasteiger partial charge in [-0.15, -0.1) is 0 Å². The molecule has 0 radical (unpaired) electrons. The first-order valence-corrected chi connectivity index (χ1v) is 29.4. The fraction of sp³-hybridized carbons (Fsp3) is 0.738. The van der Waals surface area contributed by atoms with E-state index in [-0.39, 0.29) is 92.7 Å². The molecule has 19 atom stereocenters. The number of Topliss-reactive ketones (excluding diaryl/α,β-unsaturated/α-hetero) is 1. The summed E-state index contributed by atoms with van der Waals surface area (Å²) in [6.07, 6.45) is 16.9. The zero-order valence-corrected chi connectivity index (χ0v) is 44.2. The van der Waals surface area contributed by atoms with Crippen LogP contribution in [0, 0.1) is 63.6 Å². The van der Waals surface area contributed by atoms with Crippen LogP contribution in [0.1, 0.15) is 168 Å². The zero-order valence-electron chi connectivity index (χ0n) is 44.2. The fourth-order valence-corrected chi connectivity index (χ4v) is 22.6. The van der Waals surface area contributed by atoms with Crippen molar-refractivity contribution in [3.05, 3.63) is 51.6 Å². The molecule has 15 rings (SSSR count). The summed E-state index contributed by atoms with van der Waals surface area (Å²) in [5.41, 5.74) is 10.3. The number of hydrogen-bond donors (Lipinski definition) is 9. The average molecular weight is 1050 g/mol. The third-order valence-electron chi connectivity index (χ3n) is 24.9. The summed E-state index contributed by atoms with van der Waals surface area (Å²) in [5.74, 6) is -1.42. The molecule has 0 aromatic heterocycles. The highest BCUT2D eigenvalue weighted by Gasteiger charge is 2.79. The highest BCUT2D eigenvalue weighted by atomic mass is 16.7. The largest absolute Gasteiger partial charge is 0.507 e. The molecular weight excluding hydrogens is 969 g/mol. The molecule has 76 heavy (non-hydrogen) atoms. The third kappa shape index (κ3) is 6.11. The van der Waals surface area contributed by atoms with Crippen LogP contribution in [0.25, 0.3) is 10.8 Å². The lowest BCUT2D eigenvalue weighted by atomic mass is 9.38. The lowest BCUT2D eigenvalue weighted by Crippen LogP contribution is -2.81. The van der Waals surface area contributed by atoms with Crippen molar-refractivity contribution in [1.82, 2.24) is 10.9 Å². The van der Waals surface area contributed by atoms with E-state index >= 15 is 0 Å². The Morgan fingerprint density at radius 3 is 2.54 bits per heavy atom. The number of carbonyl (C=O) groups is 2. The van der Waals surface area contributed by atoms with E-state index in [2.05, 4.69) is 16.9 Å². The van der Waals surface area contributed by atoms with E-state index in [9.17, 15) is 45.3 Å². The Labute approximate surface area is 444 Å². The Balaban J connectivity index is 0.843. The molecule has 4 saturated heterocycles. The van der Waals surface area contributed by atoms with Crippen molar-refractivity contribution in [3.63, 3.8) is 0 Å². The predicted octanol–water partition coefficient (Wildman–Crippen LogP) is 7.57. The Hall–Kier alpha value is -3.64. The third-order valence-corrected chi connectivity index (χ3v) is 24.9. The number of aliphatic hydroxyl groups is 4. The maximum Gasteiger partial charge on any atom is 0.335 e. The van der Waals surface area contributed by atoms with Crippen LogP contribution < -0.4 is 15.6 Å². The molecule has 5 aliphatic heterocycles. The van der Waals surface area contributed by atoms with Crippen molar-refractivity contribution in [2.24, 2.45) is 56.7 Å². The van der Waals surface area contributed by atoms with Gasteiger partial charge in [0.15, 0.2) is 5.78 Å². The number of aliphatic hydroxyl groups excluding tert-OH is 4. The number of aromatic hydroxyl groups is 2. The summed E-state index contributed by atoms with van der Waals surface area (Å²) in [6.45, 7) is 3.99. The number of benzene rings is 2. The van der Waals surface area contributed by atoms with Gasteiger partial charge in [0.05, 0.1) is 35.3 Å². The molecule has 2 aromatic rings. The van der Waals surface area contributed by atoms with Crippen LogP contribution in [0.4, 0.5) is 0 Å². The molecule has 15 nitrogen and oxygen atoms in total. The molecule has 0 amide bonds. The number of allylic oxidation sites excluding steroid dienone is 1. The van der Waals surface area contributed by atoms with Gasteiger partial charge in [-0.2, -0.15) is 0 Å². The van der Waals surface area contributed by atoms with Gasteiger partial charge in [0.25, 0.3) is 0 Å². The number of hydrogen-bond acceptors (Lipinski definition) is 14. The molecule has 6 spiro atoms. The molecule has 8 aliphatic carbocycles. The minimum atomic E-state index is -1.82. The monoisotopic (exact) mass is 1050 g/mol. The van der Waals surface area contributed by atoms with Gasteiger partial charge in [0.2, 0.25) is 6.29 Å². The first-order chi connectivity index (χ1) is 36.5. The topological polar surface area (TPSA) is 237 Å². The zero-order chi connectivity index (χ0) is 52.3. The first kappa shape index (κ1) is 49.4. The van der Waals surface area contributed by atoms with Crippen LogP contribution in [0.15, 0.2) is 34.9 Å². The fourth-order valence-electron chi connectivity index (χ4n) is 22.6. The number of rotatable bonds is 7. The number of hydrazine groups is 1. The summed E-state index contributed by atoms with van der Waals surface area (Å²) in [4.78, 5) is 25.5. The van der Waals surface area contributed by atoms with E-state index in [1.54, 1.807) is 0 Å². The van der Waals surface area contributed by atoms with Crippen LogP contribution in [0.2, 0.25) is 0 Å². The summed E-state index contributed by atoms with van der Waals surface area (Å²) in [5, 5.41) is 82.0. The van der Waals surface area contributed by atoms with E-state index in [1.165, 1.54) is 115 Å². The Bertz CT molecular complexity index is 2920. The van der Waals surface area contributed by atoms with E-state index in [0.29, 0.717) is 43.3 Å². The predicted molar refractivity (Wildman–Crippen MR) is 276 cm³/mol. The smallest absolute Gasteiger partial charge is 0.335 e. The minimum absolute atomic E-state index is 0.0306. The van der Waals surface area contributed by atoms with Gasteiger partial charge < -0.3 is 54.7 Å². The molecule has 7 saturated carbocycles. The number of carboxylic acid groups (broad SMARTS) is 1. The molecule has 410 valence electrons. The SMILES string of the molecule is CC(=O)c1c(C)c(O)c2cc(C(=O)O)cc(O[C@@H]3O[C@@H]4[C@@H](O)CC[C@H]5O[C@@]4(C[C@@H]4C6=C5CC=C6[C@]5(CCCO)COC[C@@H]6C[C@]78C[C@@]4(NN[C@H]7C[C@]4(CC[C@H]7CCC[C@@H]9CCC[C@]9%10CC[C@@]74C%10)C8)[C@H]65)[C@H](O)[C@H]3O)c2c1O. The number of nitrogens with one attached hydrogen (secondary N) is 2. The van der Waals surface area contributed by atoms with Crippen molar-refractivity contribution >= 4 is 22.5 Å². The van der Waals surface area contributed by atoms with E-state index in [0.717, 1.165) is 42.7 Å². The molecule has 2 aromatic carbocycles. The van der Waals surface area contributed by atoms with Gasteiger partial charge in [-0.25, -0.2) is 4.79 Å². The van der Waals surface area contributed by atoms with Crippen LogP contribution in [0.5, 0.6) is 17.2 Å². The van der Waals surface area contributed by atoms with E-state index in [1.807, 2.05) is 0 Å². The normalized spacial score (nSPS) is 48.1. The highest BCUT2D eigenvalue weighted by Crippen LogP contribution is 2.82. The quantitative estimate of drug-likeness (QED) is 0.0961. The van der Waals surface area contributed by atoms with E-state index < -0.39 is 71.2 Å². The van der Waals surface area contributed by atoms with Crippen molar-refractivity contribution in [2.75, 3.05) is 19.8 Å². The molecule has 13 aliphatic rings. The number of ether oxygens (including phenoxy) is 4. The number of aromatic carboxylic acids is 1. The summed E-state index contributed by atoms with van der Waals surface area (Å²) >= 11 is 0. The molecule has 6 bridgehead atoms. The molecule has 11 fully saturated rings. The van der Waals surface area contributed by atoms with Crippen molar-refractivity contribution in [3.8, 4) is 17.2 Å². The van der Waals surface area contributed by atoms with Crippen LogP contribution in [-0.4, -0.2) is 121 Å². The van der Waals surface area contributed by atoms with Crippen molar-refractivity contribution < 1.29 is 64.3 Å². The molecular formula is C61H78N2O13. The number of carbonyl (C=O) groups excluding carboxylic acids is 1. The van der Waals surface area contributed by atoms with Crippen LogP contribution in [-0.2, 0) is 14.2 Å². The lowest BCUT2D eigenvalue weighted by Gasteiger charge is -2.72. The molecule has 15 heteroatoms. The Kier molecular flexibility index (Phi) is 10.7. The summed E-state index contributed by atoms with van der Waals surface area (Å²) < 4.78 is 27.7. The number of fused-ring (bicyclic) bond motifs is 4. The molecule has 9 N–H and O–H groups in total. The molecule has 0 unspecified atom stereocenters. The van der Waals surface area contributed by atoms with Gasteiger partial charge in [0, 0.05) is 47.1 Å². The number of phenolic OH excluding ortho intramolecular Hbond substituents is 2. The summed E-state index contributed by atoms with van der Waals surface area (Å²) in [7, 11) is 0. The maximum absolute atomic E-state index is 13.2. The second-order valence-corrected chi connectivity index (χ2v) is 27.6. The van der Waals surface area contributed by atoms with Crippen molar-refractivity contribution in [2.45, 2.75) is 203 Å². The van der Waals surface area contributed by atoms with Gasteiger partial charge in [-0.1, -0.05) is 18.9 Å². The molecule has 5 heterocycles. The van der Waals surface area contributed by atoms with Crippen molar-refractivity contribution in [1.29, 1.82) is 0 Å². The first-order valence-electron chi connectivity index (χ1n) is 29.4. The number of phenols is 2. The van der Waals surface area contributed by atoms with Gasteiger partial charge >= 0.3 is 5.97 Å². The highest BCUT2D eigenvalue weighted by molar-refractivity contribution is 6.11. The lowest BCUT2D eigenvalue weighted by molar-refractivity contribution is -0.337. The Morgan fingerprint density at radius 1 is 0.895 bits per heavy atom. The average Bonchev–Trinajstić information content (AvgIpc) is 4.37. The second kappa shape index (κ2) is 16.5. The summed E-state index contributed by atoms with van der Waals surface area (Å²) in [6, 6.07) is 2.60. The standard InChI is InChI=1S/C61H78N2O13/c1-30-44(31(2)65)48(68)46-37(47(30)67)20-32(53(71)72)21-42(46)74-54-49(69)51(70)61-23-39-45-36(41(76-61)12-11-40(66)52(61)75-54)9-10-38(45)58(15-5-19-64)29-73-25-33-22-56-26-57(24-43(56)62-63-60(39,28-56)50(33)58)16-13-35-7-3-6-34-8-4-14-55(34)17-18-59(35,57)27-55/h10,20-21,33-35,39-41,43,49-52,54,62-64,66-70H,3-9,11-19,22-29H2,1-2H3,(H,71,72)/t33-,34+,35+,39+,40-,41+,43-,49+,50+,51+,52+,54+,55+,56-,57+,58-,59+,60-,61-/m0/s1. The van der Waals surface area contributed by atoms with Crippen LogP contribution in [0.3, 0.4) is 0 Å². The van der Waals surface area contributed by atoms with Crippen LogP contribution >= 0.6 is 0 Å². The van der Waals surface area contributed by atoms with Gasteiger partial charge in [-0.3, -0.25) is 15.6 Å². The van der Waals surface area contributed by atoms with E-state index in [4.69, 9.17) is 18.9 Å². The second-order valence-electron chi connectivity index (χ2n) is 27.6. The Morgan fingerprint density at radius 2 is 1.72 bits per heavy atom.